The zero-order valence-corrected chi connectivity index (χ0v) is 12.6. The summed E-state index contributed by atoms with van der Waals surface area (Å²) in [6.07, 6.45) is 1.47. The third-order valence-corrected chi connectivity index (χ3v) is 4.29. The summed E-state index contributed by atoms with van der Waals surface area (Å²) in [5.41, 5.74) is 6.24. The third-order valence-electron chi connectivity index (χ3n) is 3.95. The fourth-order valence-electron chi connectivity index (χ4n) is 2.21. The topological polar surface area (TPSA) is 55.1 Å². The largest absolute Gasteiger partial charge is 0.349 e. The molecule has 0 aliphatic heterocycles. The fourth-order valence-corrected chi connectivity index (χ4v) is 2.51. The fraction of sp³-hybridized carbons (Fsp3) is 0.533. The van der Waals surface area contributed by atoms with Crippen LogP contribution in [0.1, 0.15) is 45.2 Å². The van der Waals surface area contributed by atoms with E-state index in [4.69, 9.17) is 17.3 Å². The molecule has 1 unspecified atom stereocenters. The van der Waals surface area contributed by atoms with Gasteiger partial charge in [0.1, 0.15) is 0 Å². The highest BCUT2D eigenvalue weighted by molar-refractivity contribution is 6.31. The molecule has 0 heterocycles. The normalized spacial score (nSPS) is 13.1. The predicted octanol–water partition coefficient (Wildman–Crippen LogP) is 3.28. The molecule has 0 aliphatic carbocycles. The molecule has 106 valence electrons. The van der Waals surface area contributed by atoms with Crippen LogP contribution in [0.3, 0.4) is 0 Å². The Bertz CT molecular complexity index is 422. The Morgan fingerprint density at radius 3 is 2.42 bits per heavy atom. The van der Waals surface area contributed by atoms with E-state index < -0.39 is 5.41 Å². The van der Waals surface area contributed by atoms with E-state index in [1.54, 1.807) is 0 Å². The Balaban J connectivity index is 2.85. The molecule has 19 heavy (non-hydrogen) atoms. The van der Waals surface area contributed by atoms with Crippen LogP contribution in [0.2, 0.25) is 5.02 Å². The van der Waals surface area contributed by atoms with Gasteiger partial charge in [-0.1, -0.05) is 43.6 Å². The van der Waals surface area contributed by atoms with Gasteiger partial charge in [0.25, 0.3) is 0 Å². The van der Waals surface area contributed by atoms with Gasteiger partial charge in [0.05, 0.1) is 11.5 Å². The van der Waals surface area contributed by atoms with Crippen molar-refractivity contribution in [2.24, 2.45) is 11.1 Å². The smallest absolute Gasteiger partial charge is 0.227 e. The molecule has 0 saturated heterocycles. The average Bonchev–Trinajstić information content (AvgIpc) is 2.41. The molecule has 0 aromatic heterocycles. The first-order chi connectivity index (χ1) is 9.00. The number of rotatable bonds is 6. The maximum atomic E-state index is 12.4. The van der Waals surface area contributed by atoms with Crippen molar-refractivity contribution < 1.29 is 4.79 Å². The molecule has 0 bridgehead atoms. The highest BCUT2D eigenvalue weighted by Gasteiger charge is 2.34. The van der Waals surface area contributed by atoms with E-state index in [1.165, 1.54) is 0 Å². The van der Waals surface area contributed by atoms with E-state index in [-0.39, 0.29) is 11.9 Å². The lowest BCUT2D eigenvalue weighted by molar-refractivity contribution is -0.131. The molecule has 0 saturated carbocycles. The Kier molecular flexibility index (Phi) is 5.83. The minimum absolute atomic E-state index is 0.00687. The summed E-state index contributed by atoms with van der Waals surface area (Å²) >= 11 is 6.14. The van der Waals surface area contributed by atoms with Gasteiger partial charge < -0.3 is 11.1 Å². The number of benzene rings is 1. The van der Waals surface area contributed by atoms with E-state index in [0.717, 1.165) is 18.4 Å². The quantitative estimate of drug-likeness (QED) is 0.841. The van der Waals surface area contributed by atoms with Crippen LogP contribution in [0.4, 0.5) is 0 Å². The van der Waals surface area contributed by atoms with Crippen LogP contribution in [-0.4, -0.2) is 12.5 Å². The number of hydrogen-bond donors (Lipinski definition) is 2. The number of carbonyl (C=O) groups is 1. The zero-order valence-electron chi connectivity index (χ0n) is 11.9. The summed E-state index contributed by atoms with van der Waals surface area (Å²) in [5, 5.41) is 3.70. The van der Waals surface area contributed by atoms with E-state index in [0.29, 0.717) is 11.6 Å². The number of amides is 1. The van der Waals surface area contributed by atoms with Crippen LogP contribution in [0.25, 0.3) is 0 Å². The number of nitrogens with two attached hydrogens (primary N) is 1. The first kappa shape index (κ1) is 16.0. The molecule has 1 aromatic carbocycles. The minimum atomic E-state index is -0.477. The summed E-state index contributed by atoms with van der Waals surface area (Å²) in [4.78, 5) is 12.4. The maximum Gasteiger partial charge on any atom is 0.227 e. The molecule has 1 rings (SSSR count). The Hall–Kier alpha value is -1.06. The van der Waals surface area contributed by atoms with Gasteiger partial charge in [0.2, 0.25) is 5.91 Å². The lowest BCUT2D eigenvalue weighted by atomic mass is 9.81. The first-order valence-electron chi connectivity index (χ1n) is 6.76. The molecule has 0 spiro atoms. The Labute approximate surface area is 120 Å². The molecule has 0 aliphatic rings. The molecule has 3 nitrogen and oxygen atoms in total. The van der Waals surface area contributed by atoms with Crippen LogP contribution in [0.5, 0.6) is 0 Å². The molecule has 3 N–H and O–H groups in total. The molecular formula is C15H23ClN2O. The van der Waals surface area contributed by atoms with E-state index in [9.17, 15) is 4.79 Å². The van der Waals surface area contributed by atoms with Crippen molar-refractivity contribution in [1.82, 2.24) is 5.32 Å². The summed E-state index contributed by atoms with van der Waals surface area (Å²) < 4.78 is 0. The standard InChI is InChI=1S/C15H23ClN2O/c1-4-15(5-2,10-17)14(19)18-11(3)12-8-6-7-9-13(12)16/h6-9,11H,4-5,10,17H2,1-3H3,(H,18,19). The number of hydrogen-bond acceptors (Lipinski definition) is 2. The molecule has 1 aromatic rings. The third kappa shape index (κ3) is 3.48. The second-order valence-corrected chi connectivity index (χ2v) is 5.32. The second-order valence-electron chi connectivity index (χ2n) is 4.91. The van der Waals surface area contributed by atoms with E-state index >= 15 is 0 Å². The number of halogens is 1. The van der Waals surface area contributed by atoms with E-state index in [1.807, 2.05) is 45.0 Å². The summed E-state index contributed by atoms with van der Waals surface area (Å²) in [6.45, 7) is 6.29. The van der Waals surface area contributed by atoms with Crippen LogP contribution in [0, 0.1) is 5.41 Å². The van der Waals surface area contributed by atoms with Crippen LogP contribution in [0.15, 0.2) is 24.3 Å². The van der Waals surface area contributed by atoms with Crippen molar-refractivity contribution in [3.05, 3.63) is 34.9 Å². The van der Waals surface area contributed by atoms with Crippen molar-refractivity contribution >= 4 is 17.5 Å². The first-order valence-corrected chi connectivity index (χ1v) is 7.14. The molecule has 0 radical (unpaired) electrons. The van der Waals surface area contributed by atoms with Crippen LogP contribution >= 0.6 is 11.6 Å². The van der Waals surface area contributed by atoms with Gasteiger partial charge in [-0.3, -0.25) is 4.79 Å². The zero-order chi connectivity index (χ0) is 14.5. The predicted molar refractivity (Wildman–Crippen MR) is 80.1 cm³/mol. The van der Waals surface area contributed by atoms with Gasteiger partial charge in [-0.2, -0.15) is 0 Å². The summed E-state index contributed by atoms with van der Waals surface area (Å²) in [7, 11) is 0. The molecule has 1 atom stereocenters. The lowest BCUT2D eigenvalue weighted by Gasteiger charge is -2.30. The number of nitrogens with one attached hydrogen (secondary N) is 1. The van der Waals surface area contributed by atoms with Crippen molar-refractivity contribution in [3.63, 3.8) is 0 Å². The SMILES string of the molecule is CCC(CC)(CN)C(=O)NC(C)c1ccccc1Cl. The highest BCUT2D eigenvalue weighted by Crippen LogP contribution is 2.28. The monoisotopic (exact) mass is 282 g/mol. The maximum absolute atomic E-state index is 12.4. The van der Waals surface area contributed by atoms with Gasteiger partial charge in [-0.15, -0.1) is 0 Å². The van der Waals surface area contributed by atoms with Gasteiger partial charge in [-0.25, -0.2) is 0 Å². The van der Waals surface area contributed by atoms with Gasteiger partial charge in [0, 0.05) is 11.6 Å². The number of carbonyl (C=O) groups excluding carboxylic acids is 1. The second kappa shape index (κ2) is 6.92. The highest BCUT2D eigenvalue weighted by atomic mass is 35.5. The van der Waals surface area contributed by atoms with E-state index in [2.05, 4.69) is 5.32 Å². The molecular weight excluding hydrogens is 260 g/mol. The van der Waals surface area contributed by atoms with Crippen LogP contribution in [-0.2, 0) is 4.79 Å². The summed E-state index contributed by atoms with van der Waals surface area (Å²) in [6, 6.07) is 7.43. The van der Waals surface area contributed by atoms with Crippen molar-refractivity contribution in [2.45, 2.75) is 39.7 Å². The molecule has 4 heteroatoms. The minimum Gasteiger partial charge on any atom is -0.349 e. The van der Waals surface area contributed by atoms with Crippen LogP contribution < -0.4 is 11.1 Å². The van der Waals surface area contributed by atoms with Crippen molar-refractivity contribution in [2.75, 3.05) is 6.54 Å². The van der Waals surface area contributed by atoms with Crippen molar-refractivity contribution in [3.8, 4) is 0 Å². The molecule has 0 fully saturated rings. The lowest BCUT2D eigenvalue weighted by Crippen LogP contribution is -2.46. The van der Waals surface area contributed by atoms with Gasteiger partial charge in [0.15, 0.2) is 0 Å². The van der Waals surface area contributed by atoms with Gasteiger partial charge >= 0.3 is 0 Å². The average molecular weight is 283 g/mol. The molecule has 1 amide bonds. The Morgan fingerprint density at radius 1 is 1.37 bits per heavy atom. The van der Waals surface area contributed by atoms with Crippen molar-refractivity contribution in [1.29, 1.82) is 0 Å². The Morgan fingerprint density at radius 2 is 1.95 bits per heavy atom. The van der Waals surface area contributed by atoms with Gasteiger partial charge in [-0.05, 0) is 31.4 Å². The summed E-state index contributed by atoms with van der Waals surface area (Å²) in [5.74, 6) is 0.00687.